The molecule has 1 fully saturated rings. The highest BCUT2D eigenvalue weighted by Gasteiger charge is 2.26. The molecule has 0 radical (unpaired) electrons. The van der Waals surface area contributed by atoms with Gasteiger partial charge < -0.3 is 12.3 Å². The highest BCUT2D eigenvalue weighted by Crippen LogP contribution is 2.07. The number of rotatable bonds is 3. The van der Waals surface area contributed by atoms with Crippen LogP contribution >= 0.6 is 0 Å². The number of hydrogen-bond donors (Lipinski definition) is 5. The van der Waals surface area contributed by atoms with Gasteiger partial charge in [-0.25, -0.2) is 0 Å². The molecule has 0 aromatic rings. The lowest BCUT2D eigenvalue weighted by Gasteiger charge is -1.98. The van der Waals surface area contributed by atoms with Crippen molar-refractivity contribution in [2.45, 2.75) is 12.8 Å². The molecule has 1 aliphatic heterocycles. The Labute approximate surface area is 113 Å². The van der Waals surface area contributed by atoms with Gasteiger partial charge in [-0.05, 0) is 0 Å². The third-order valence-corrected chi connectivity index (χ3v) is 1.79. The molecule has 9 N–H and O–H groups in total. The molecule has 122 valence electrons. The van der Waals surface area contributed by atoms with Crippen molar-refractivity contribution in [2.75, 3.05) is 0 Å². The van der Waals surface area contributed by atoms with Gasteiger partial charge in [0.1, 0.15) is 0 Å². The molecule has 20 heavy (non-hydrogen) atoms. The first-order valence-electron chi connectivity index (χ1n) is 3.79. The second-order valence-corrected chi connectivity index (χ2v) is 4.57. The summed E-state index contributed by atoms with van der Waals surface area (Å²) in [4.78, 5) is 20.5. The monoisotopic (exact) mass is 343 g/mol. The normalized spacial score (nSPS) is 14.8. The third-order valence-electron chi connectivity index (χ3n) is 1.22. The summed E-state index contributed by atoms with van der Waals surface area (Å²) in [6.45, 7) is 0. The SMILES string of the molecule is N.N.O=C1CCC(=O)N1O.O=S(=O)(O)OOS(=O)(=O)O. The minimum absolute atomic E-state index is 0. The first kappa shape index (κ1) is 23.8. The lowest BCUT2D eigenvalue weighted by Crippen LogP contribution is -2.24. The molecule has 14 nitrogen and oxygen atoms in total. The number of imide groups is 1. The number of carbonyl (C=O) groups excluding carboxylic acids is 2. The number of hydrogen-bond acceptors (Lipinski definition) is 11. The predicted octanol–water partition coefficient (Wildman–Crippen LogP) is -1.61. The Bertz CT molecular complexity index is 476. The number of amides is 2. The molecule has 1 rings (SSSR count). The van der Waals surface area contributed by atoms with Crippen molar-refractivity contribution >= 4 is 32.6 Å². The number of hydroxylamine groups is 2. The van der Waals surface area contributed by atoms with E-state index in [-0.39, 0.29) is 30.2 Å². The van der Waals surface area contributed by atoms with Crippen LogP contribution in [-0.4, -0.2) is 48.0 Å². The molecule has 1 aliphatic rings. The summed E-state index contributed by atoms with van der Waals surface area (Å²) in [5, 5.41) is 8.57. The van der Waals surface area contributed by atoms with Crippen LogP contribution in [0, 0.1) is 0 Å². The molecule has 0 aromatic carbocycles. The van der Waals surface area contributed by atoms with E-state index < -0.39 is 32.6 Å². The van der Waals surface area contributed by atoms with Crippen molar-refractivity contribution in [3.05, 3.63) is 0 Å². The second kappa shape index (κ2) is 8.84. The molecule has 0 aliphatic carbocycles. The minimum Gasteiger partial charge on any atom is -0.344 e. The van der Waals surface area contributed by atoms with Gasteiger partial charge in [-0.15, -0.1) is 0 Å². The Hall–Kier alpha value is -1.24. The molecule has 0 atom stereocenters. The molecule has 0 unspecified atom stereocenters. The van der Waals surface area contributed by atoms with Crippen LogP contribution in [0.1, 0.15) is 12.8 Å². The lowest BCUT2D eigenvalue weighted by molar-refractivity contribution is -0.171. The summed E-state index contributed by atoms with van der Waals surface area (Å²) in [6, 6.07) is 0. The molecule has 0 spiro atoms. The maximum Gasteiger partial charge on any atom is 0.425 e. The van der Waals surface area contributed by atoms with Crippen molar-refractivity contribution < 1.29 is 49.4 Å². The van der Waals surface area contributed by atoms with Crippen molar-refractivity contribution in [3.8, 4) is 0 Å². The fraction of sp³-hybridized carbons (Fsp3) is 0.500. The van der Waals surface area contributed by atoms with Gasteiger partial charge in [0.15, 0.2) is 0 Å². The van der Waals surface area contributed by atoms with Crippen LogP contribution in [0.3, 0.4) is 0 Å². The maximum absolute atomic E-state index is 10.2. The highest BCUT2D eigenvalue weighted by molar-refractivity contribution is 7.83. The van der Waals surface area contributed by atoms with E-state index in [2.05, 4.69) is 8.67 Å². The largest absolute Gasteiger partial charge is 0.425 e. The van der Waals surface area contributed by atoms with Crippen LogP contribution in [0.4, 0.5) is 0 Å². The number of carbonyl (C=O) groups is 2. The van der Waals surface area contributed by atoms with E-state index in [0.29, 0.717) is 0 Å². The zero-order valence-electron chi connectivity index (χ0n) is 9.70. The average Bonchev–Trinajstić information content (AvgIpc) is 2.46. The van der Waals surface area contributed by atoms with Crippen LogP contribution in [0.2, 0.25) is 0 Å². The molecule has 2 amide bonds. The summed E-state index contributed by atoms with van der Waals surface area (Å²) < 4.78 is 58.9. The number of nitrogens with zero attached hydrogens (tertiary/aromatic N) is 1. The third kappa shape index (κ3) is 11.8. The Balaban J connectivity index is -0.000000266. The van der Waals surface area contributed by atoms with E-state index in [0.717, 1.165) is 0 Å². The second-order valence-electron chi connectivity index (χ2n) is 2.59. The molecule has 0 aromatic heterocycles. The fourth-order valence-corrected chi connectivity index (χ4v) is 1.20. The van der Waals surface area contributed by atoms with Crippen LogP contribution in [-0.2, 0) is 39.1 Å². The molecule has 0 bridgehead atoms. The molecule has 1 saturated heterocycles. The van der Waals surface area contributed by atoms with Gasteiger partial charge in [0.25, 0.3) is 11.8 Å². The van der Waals surface area contributed by atoms with Gasteiger partial charge in [-0.3, -0.25) is 23.9 Å². The van der Waals surface area contributed by atoms with Gasteiger partial charge in [-0.2, -0.15) is 21.9 Å². The minimum atomic E-state index is -5.02. The van der Waals surface area contributed by atoms with Crippen LogP contribution in [0.5, 0.6) is 0 Å². The summed E-state index contributed by atoms with van der Waals surface area (Å²) in [5.74, 6) is -1.01. The van der Waals surface area contributed by atoms with Crippen molar-refractivity contribution in [1.82, 2.24) is 17.4 Å². The Morgan fingerprint density at radius 1 is 0.850 bits per heavy atom. The maximum atomic E-state index is 10.2. The van der Waals surface area contributed by atoms with E-state index in [1.807, 2.05) is 0 Å². The lowest BCUT2D eigenvalue weighted by atomic mass is 10.4. The van der Waals surface area contributed by atoms with Crippen LogP contribution in [0.25, 0.3) is 0 Å². The molecular weight excluding hydrogens is 330 g/mol. The van der Waals surface area contributed by atoms with E-state index >= 15 is 0 Å². The quantitative estimate of drug-likeness (QED) is 0.127. The van der Waals surface area contributed by atoms with Gasteiger partial charge >= 0.3 is 20.8 Å². The summed E-state index contributed by atoms with van der Waals surface area (Å²) >= 11 is 0. The molecule has 1 heterocycles. The Kier molecular flexibility index (Phi) is 10.5. The van der Waals surface area contributed by atoms with Crippen molar-refractivity contribution in [3.63, 3.8) is 0 Å². The summed E-state index contributed by atoms with van der Waals surface area (Å²) in [7, 11) is -10.0. The smallest absolute Gasteiger partial charge is 0.344 e. The topological polar surface area (TPSA) is 255 Å². The van der Waals surface area contributed by atoms with Crippen molar-refractivity contribution in [2.24, 2.45) is 0 Å². The first-order valence-corrected chi connectivity index (χ1v) is 6.52. The first-order chi connectivity index (χ1) is 7.92. The van der Waals surface area contributed by atoms with E-state index in [1.165, 1.54) is 0 Å². The van der Waals surface area contributed by atoms with E-state index in [1.54, 1.807) is 0 Å². The van der Waals surface area contributed by atoms with Crippen LogP contribution in [0.15, 0.2) is 0 Å². The van der Waals surface area contributed by atoms with Gasteiger partial charge in [-0.1, -0.05) is 8.67 Å². The Morgan fingerprint density at radius 3 is 1.20 bits per heavy atom. The van der Waals surface area contributed by atoms with Gasteiger partial charge in [0.2, 0.25) is 0 Å². The predicted molar refractivity (Wildman–Crippen MR) is 58.2 cm³/mol. The highest BCUT2D eigenvalue weighted by atomic mass is 32.3. The summed E-state index contributed by atoms with van der Waals surface area (Å²) in [5.41, 5.74) is 0. The van der Waals surface area contributed by atoms with Gasteiger partial charge in [0.05, 0.1) is 0 Å². The fourth-order valence-electron chi connectivity index (χ4n) is 0.635. The van der Waals surface area contributed by atoms with Gasteiger partial charge in [0, 0.05) is 12.8 Å². The molecular formula is C4H13N3O11S2. The van der Waals surface area contributed by atoms with E-state index in [4.69, 9.17) is 14.3 Å². The molecule has 16 heteroatoms. The Morgan fingerprint density at radius 2 is 1.10 bits per heavy atom. The zero-order valence-corrected chi connectivity index (χ0v) is 11.3. The standard InChI is InChI=1S/C4H5NO3.2H3N.H2O8S2/c6-3-1-2-4(7)5(3)8;;;1-9(2,3)7-8-10(4,5)6/h8H,1-2H2;2*1H3;(H,1,2,3)(H,4,5,6). The van der Waals surface area contributed by atoms with Crippen LogP contribution < -0.4 is 12.3 Å². The average molecular weight is 343 g/mol. The summed E-state index contributed by atoms with van der Waals surface area (Å²) in [6.07, 6.45) is 0.296. The molecule has 0 saturated carbocycles. The zero-order chi connectivity index (χ0) is 14.6. The van der Waals surface area contributed by atoms with E-state index in [9.17, 15) is 26.4 Å². The van der Waals surface area contributed by atoms with Crippen molar-refractivity contribution in [1.29, 1.82) is 0 Å².